The van der Waals surface area contributed by atoms with Crippen LogP contribution in [0.5, 0.6) is 5.75 Å². The highest BCUT2D eigenvalue weighted by Gasteiger charge is 2.24. The van der Waals surface area contributed by atoms with Gasteiger partial charge < -0.3 is 10.1 Å². The number of unbranched alkanes of at least 4 members (excludes halogenated alkanes) is 3. The molecule has 1 aliphatic rings. The predicted molar refractivity (Wildman–Crippen MR) is 136 cm³/mol. The van der Waals surface area contributed by atoms with E-state index in [1.807, 2.05) is 24.3 Å². The fraction of sp³-hybridized carbons (Fsp3) is 0.630. The lowest BCUT2D eigenvalue weighted by Crippen LogP contribution is -2.36. The van der Waals surface area contributed by atoms with Gasteiger partial charge in [0.2, 0.25) is 0 Å². The molecule has 4 nitrogen and oxygen atoms in total. The topological polar surface area (TPSA) is 51.2 Å². The van der Waals surface area contributed by atoms with Gasteiger partial charge in [0.05, 0.1) is 11.6 Å². The average Bonchev–Trinajstić information content (AvgIpc) is 2.80. The fourth-order valence-corrected chi connectivity index (χ4v) is 4.88. The van der Waals surface area contributed by atoms with Crippen LogP contribution in [0.25, 0.3) is 10.9 Å². The molecular weight excluding hydrogens is 420 g/mol. The number of nitrogens with zero attached hydrogens (tertiary/aromatic N) is 1. The van der Waals surface area contributed by atoms with Crippen LogP contribution in [0.4, 0.5) is 0 Å². The molecule has 3 rings (SSSR count). The number of fused-ring (bicyclic) bond motifs is 1. The smallest absolute Gasteiger partial charge is 0.163 e. The summed E-state index contributed by atoms with van der Waals surface area (Å²) in [5.41, 5.74) is 1.65. The van der Waals surface area contributed by atoms with E-state index in [-0.39, 0.29) is 24.3 Å². The molecule has 0 radical (unpaired) electrons. The molecule has 0 aliphatic carbocycles. The molecule has 0 amide bonds. The maximum absolute atomic E-state index is 13.1. The summed E-state index contributed by atoms with van der Waals surface area (Å²) in [6.45, 7) is 8.79. The van der Waals surface area contributed by atoms with Crippen LogP contribution in [0.3, 0.4) is 0 Å². The average molecular weight is 461 g/mol. The van der Waals surface area contributed by atoms with Gasteiger partial charge in [-0.15, -0.1) is 12.4 Å². The van der Waals surface area contributed by atoms with Crippen molar-refractivity contribution in [1.82, 2.24) is 10.3 Å². The summed E-state index contributed by atoms with van der Waals surface area (Å²) in [6.07, 6.45) is 11.9. The summed E-state index contributed by atoms with van der Waals surface area (Å²) in [5, 5.41) is 4.41. The second-order valence-electron chi connectivity index (χ2n) is 9.20. The molecule has 0 saturated carbocycles. The van der Waals surface area contributed by atoms with E-state index in [0.29, 0.717) is 18.3 Å². The number of pyridine rings is 1. The number of carbonyl (C=O) groups excluding carboxylic acids is 1. The normalized spacial score (nSPS) is 19.3. The number of Topliss-reactive ketones (excluding diaryl/α,β-unsaturated/α-hetero) is 1. The lowest BCUT2D eigenvalue weighted by Gasteiger charge is -2.31. The van der Waals surface area contributed by atoms with Crippen molar-refractivity contribution < 1.29 is 9.53 Å². The van der Waals surface area contributed by atoms with Crippen molar-refractivity contribution in [2.75, 3.05) is 13.1 Å². The largest absolute Gasteiger partial charge is 0.491 e. The molecule has 0 spiro atoms. The van der Waals surface area contributed by atoms with Gasteiger partial charge in [-0.25, -0.2) is 0 Å². The van der Waals surface area contributed by atoms with E-state index in [2.05, 4.69) is 31.1 Å². The number of nitrogens with one attached hydrogen (secondary N) is 1. The quantitative estimate of drug-likeness (QED) is 0.274. The third-order valence-corrected chi connectivity index (χ3v) is 6.85. The first-order valence-electron chi connectivity index (χ1n) is 12.4. The SMILES string of the molecule is CCCCCCC(C)Oc1ccc2nccc(C(=O)CCC3CCNCC3CC)c2c1.Cl. The monoisotopic (exact) mass is 460 g/mol. The van der Waals surface area contributed by atoms with Gasteiger partial charge in [-0.1, -0.05) is 39.5 Å². The second-order valence-corrected chi connectivity index (χ2v) is 9.20. The van der Waals surface area contributed by atoms with Crippen LogP contribution >= 0.6 is 12.4 Å². The first kappa shape index (κ1) is 26.6. The number of ether oxygens (including phenoxy) is 1. The highest BCUT2D eigenvalue weighted by Crippen LogP contribution is 2.29. The Morgan fingerprint density at radius 2 is 2.03 bits per heavy atom. The Morgan fingerprint density at radius 1 is 1.19 bits per heavy atom. The molecule has 1 saturated heterocycles. The Hall–Kier alpha value is -1.65. The molecule has 0 bridgehead atoms. The van der Waals surface area contributed by atoms with Crippen molar-refractivity contribution in [2.24, 2.45) is 11.8 Å². The highest BCUT2D eigenvalue weighted by molar-refractivity contribution is 6.07. The van der Waals surface area contributed by atoms with Gasteiger partial charge in [0.1, 0.15) is 5.75 Å². The molecule has 178 valence electrons. The van der Waals surface area contributed by atoms with E-state index >= 15 is 0 Å². The Bertz CT molecular complexity index is 842. The van der Waals surface area contributed by atoms with E-state index in [1.54, 1.807) is 6.20 Å². The third kappa shape index (κ3) is 7.45. The number of hydrogen-bond acceptors (Lipinski definition) is 4. The van der Waals surface area contributed by atoms with Crippen LogP contribution < -0.4 is 10.1 Å². The van der Waals surface area contributed by atoms with Crippen molar-refractivity contribution in [1.29, 1.82) is 0 Å². The van der Waals surface area contributed by atoms with E-state index in [1.165, 1.54) is 38.5 Å². The Labute approximate surface area is 200 Å². The first-order chi connectivity index (χ1) is 15.1. The molecule has 1 N–H and O–H groups in total. The van der Waals surface area contributed by atoms with Gasteiger partial charge in [0, 0.05) is 23.6 Å². The third-order valence-electron chi connectivity index (χ3n) is 6.85. The number of rotatable bonds is 12. The van der Waals surface area contributed by atoms with Gasteiger partial charge in [0.25, 0.3) is 0 Å². The Kier molecular flexibility index (Phi) is 11.5. The minimum Gasteiger partial charge on any atom is -0.491 e. The minimum absolute atomic E-state index is 0. The number of aromatic nitrogens is 1. The molecule has 1 aliphatic heterocycles. The zero-order chi connectivity index (χ0) is 22.1. The summed E-state index contributed by atoms with van der Waals surface area (Å²) >= 11 is 0. The molecule has 1 fully saturated rings. The van der Waals surface area contributed by atoms with E-state index < -0.39 is 0 Å². The summed E-state index contributed by atoms with van der Waals surface area (Å²) in [5.74, 6) is 2.40. The molecule has 1 aromatic carbocycles. The molecule has 2 heterocycles. The van der Waals surface area contributed by atoms with Crippen molar-refractivity contribution in [3.63, 3.8) is 0 Å². The summed E-state index contributed by atoms with van der Waals surface area (Å²) < 4.78 is 6.18. The van der Waals surface area contributed by atoms with Crippen molar-refractivity contribution >= 4 is 29.1 Å². The van der Waals surface area contributed by atoms with Gasteiger partial charge in [-0.05, 0) is 81.8 Å². The standard InChI is InChI=1S/C27H40N2O2.ClH/c1-4-6-7-8-9-20(3)31-23-11-12-26-25(18-23)24(15-17-29-26)27(30)13-10-22-14-16-28-19-21(22)5-2;/h11-12,15,17-18,20-22,28H,4-10,13-14,16,19H2,1-3H3;1H. The van der Waals surface area contributed by atoms with Gasteiger partial charge in [0.15, 0.2) is 5.78 Å². The lowest BCUT2D eigenvalue weighted by atomic mass is 9.81. The van der Waals surface area contributed by atoms with Crippen LogP contribution in [-0.2, 0) is 0 Å². The highest BCUT2D eigenvalue weighted by atomic mass is 35.5. The van der Waals surface area contributed by atoms with Crippen molar-refractivity contribution in [2.45, 2.75) is 84.7 Å². The zero-order valence-corrected chi connectivity index (χ0v) is 20.9. The predicted octanol–water partition coefficient (Wildman–Crippen LogP) is 6.99. The summed E-state index contributed by atoms with van der Waals surface area (Å²) in [4.78, 5) is 17.6. The number of hydrogen-bond donors (Lipinski definition) is 1. The maximum Gasteiger partial charge on any atom is 0.163 e. The summed E-state index contributed by atoms with van der Waals surface area (Å²) in [7, 11) is 0. The number of carbonyl (C=O) groups is 1. The molecule has 2 aromatic rings. The second kappa shape index (κ2) is 13.8. The van der Waals surface area contributed by atoms with Crippen molar-refractivity contribution in [3.8, 4) is 5.75 Å². The van der Waals surface area contributed by atoms with Crippen molar-refractivity contribution in [3.05, 3.63) is 36.0 Å². The zero-order valence-electron chi connectivity index (χ0n) is 20.1. The van der Waals surface area contributed by atoms with Crippen LogP contribution in [0.15, 0.2) is 30.5 Å². The Morgan fingerprint density at radius 3 is 2.81 bits per heavy atom. The number of halogens is 1. The van der Waals surface area contributed by atoms with Crippen LogP contribution in [0.1, 0.15) is 88.9 Å². The molecule has 3 unspecified atom stereocenters. The van der Waals surface area contributed by atoms with Gasteiger partial charge >= 0.3 is 0 Å². The van der Waals surface area contributed by atoms with Crippen LogP contribution in [0, 0.1) is 11.8 Å². The minimum atomic E-state index is 0. The summed E-state index contributed by atoms with van der Waals surface area (Å²) in [6, 6.07) is 7.85. The van der Waals surface area contributed by atoms with Crippen LogP contribution in [-0.4, -0.2) is 30.0 Å². The molecule has 3 atom stereocenters. The molecule has 32 heavy (non-hydrogen) atoms. The van der Waals surface area contributed by atoms with E-state index in [4.69, 9.17) is 4.74 Å². The van der Waals surface area contributed by atoms with Crippen LogP contribution in [0.2, 0.25) is 0 Å². The first-order valence-corrected chi connectivity index (χ1v) is 12.4. The lowest BCUT2D eigenvalue weighted by molar-refractivity contribution is 0.0963. The molecule has 1 aromatic heterocycles. The number of piperidine rings is 1. The number of benzene rings is 1. The van der Waals surface area contributed by atoms with E-state index in [9.17, 15) is 4.79 Å². The Balaban J connectivity index is 0.00000363. The molecular formula is C27H41ClN2O2. The maximum atomic E-state index is 13.1. The fourth-order valence-electron chi connectivity index (χ4n) is 4.88. The van der Waals surface area contributed by atoms with E-state index in [0.717, 1.165) is 48.1 Å². The van der Waals surface area contributed by atoms with Gasteiger partial charge in [-0.3, -0.25) is 9.78 Å². The van der Waals surface area contributed by atoms with Gasteiger partial charge in [-0.2, -0.15) is 0 Å². The number of ketones is 1. The molecule has 5 heteroatoms.